The average Bonchev–Trinajstić information content (AvgIpc) is 3.30. The van der Waals surface area contributed by atoms with E-state index in [0.717, 1.165) is 0 Å². The van der Waals surface area contributed by atoms with E-state index < -0.39 is 93.8 Å². The van der Waals surface area contributed by atoms with Crippen LogP contribution in [0.15, 0.2) is 0 Å². The van der Waals surface area contributed by atoms with E-state index in [9.17, 15) is 39.9 Å². The predicted octanol–water partition coefficient (Wildman–Crippen LogP) is -1.60. The summed E-state index contributed by atoms with van der Waals surface area (Å²) in [6, 6.07) is 0. The number of aliphatic hydroxyl groups excluding tert-OH is 3. The highest BCUT2D eigenvalue weighted by atomic mass is 16.7. The van der Waals surface area contributed by atoms with E-state index in [0.29, 0.717) is 0 Å². The molecule has 2 saturated carbocycles. The molecule has 5 rings (SSSR count). The van der Waals surface area contributed by atoms with Crippen molar-refractivity contribution in [2.45, 2.75) is 76.5 Å². The zero-order valence-electron chi connectivity index (χ0n) is 18.3. The lowest BCUT2D eigenvalue weighted by atomic mass is 9.50. The zero-order chi connectivity index (χ0) is 24.0. The first-order valence-corrected chi connectivity index (χ1v) is 10.7. The van der Waals surface area contributed by atoms with Crippen LogP contribution >= 0.6 is 0 Å². The molecular formula is C21H28O11. The van der Waals surface area contributed by atoms with E-state index in [1.807, 2.05) is 0 Å². The summed E-state index contributed by atoms with van der Waals surface area (Å²) in [6.45, 7) is 8.30. The number of aliphatic carboxylic acids is 1. The second kappa shape index (κ2) is 5.64. The van der Waals surface area contributed by atoms with Crippen LogP contribution in [0.2, 0.25) is 0 Å². The van der Waals surface area contributed by atoms with Gasteiger partial charge in [0.2, 0.25) is 5.60 Å². The van der Waals surface area contributed by atoms with E-state index >= 15 is 0 Å². The van der Waals surface area contributed by atoms with Gasteiger partial charge >= 0.3 is 17.9 Å². The van der Waals surface area contributed by atoms with Gasteiger partial charge in [0.15, 0.2) is 24.1 Å². The van der Waals surface area contributed by atoms with E-state index in [1.165, 1.54) is 6.92 Å². The zero-order valence-corrected chi connectivity index (χ0v) is 18.3. The average molecular weight is 456 g/mol. The van der Waals surface area contributed by atoms with Gasteiger partial charge in [0.1, 0.15) is 12.2 Å². The summed E-state index contributed by atoms with van der Waals surface area (Å²) in [6.07, 6.45) is -9.09. The maximum atomic E-state index is 13.4. The second-order valence-corrected chi connectivity index (χ2v) is 11.1. The number of ether oxygens (including phenoxy) is 3. The third-order valence-corrected chi connectivity index (χ3v) is 9.11. The van der Waals surface area contributed by atoms with Gasteiger partial charge in [0.05, 0.1) is 16.7 Å². The first kappa shape index (κ1) is 22.0. The van der Waals surface area contributed by atoms with Crippen molar-refractivity contribution in [3.63, 3.8) is 0 Å². The number of rotatable bonds is 2. The van der Waals surface area contributed by atoms with Crippen LogP contribution in [0.25, 0.3) is 0 Å². The largest absolute Gasteiger partial charge is 0.479 e. The minimum Gasteiger partial charge on any atom is -0.479 e. The summed E-state index contributed by atoms with van der Waals surface area (Å²) in [5, 5.41) is 56.0. The van der Waals surface area contributed by atoms with Crippen molar-refractivity contribution in [1.82, 2.24) is 0 Å². The topological polar surface area (TPSA) is 180 Å². The predicted molar refractivity (Wildman–Crippen MR) is 100 cm³/mol. The van der Waals surface area contributed by atoms with Gasteiger partial charge in [-0.05, 0) is 24.2 Å². The van der Waals surface area contributed by atoms with Gasteiger partial charge in [-0.2, -0.15) is 0 Å². The number of carboxylic acids is 1. The third kappa shape index (κ3) is 1.66. The Hall–Kier alpha value is -1.79. The Morgan fingerprint density at radius 1 is 1.09 bits per heavy atom. The molecule has 11 nitrogen and oxygen atoms in total. The first-order chi connectivity index (χ1) is 14.6. The summed E-state index contributed by atoms with van der Waals surface area (Å²) >= 11 is 0. The van der Waals surface area contributed by atoms with Crippen molar-refractivity contribution in [3.05, 3.63) is 0 Å². The molecule has 0 radical (unpaired) electrons. The highest BCUT2D eigenvalue weighted by molar-refractivity contribution is 5.93. The number of fused-ring (bicyclic) bond motifs is 1. The SMILES string of the molecule is C[C@@H]1C(C(C)(C)C)C2([C@@H](O)C(=O)O)C(O)O[C@@]34C(=O)OC1C23C(O)[C@@H]1OC(=O)[C@@H](C)[C@@]14O. The van der Waals surface area contributed by atoms with E-state index in [4.69, 9.17) is 14.2 Å². The van der Waals surface area contributed by atoms with E-state index in [-0.39, 0.29) is 0 Å². The molecule has 2 aliphatic carbocycles. The fourth-order valence-electron chi connectivity index (χ4n) is 8.62. The lowest BCUT2D eigenvalue weighted by Gasteiger charge is -2.50. The van der Waals surface area contributed by atoms with Crippen LogP contribution in [-0.2, 0) is 28.6 Å². The Labute approximate surface area is 183 Å². The Morgan fingerprint density at radius 3 is 2.22 bits per heavy atom. The van der Waals surface area contributed by atoms with Crippen LogP contribution in [0.5, 0.6) is 0 Å². The van der Waals surface area contributed by atoms with Crippen LogP contribution < -0.4 is 0 Å². The minimum absolute atomic E-state index is 0.656. The molecule has 12 atom stereocenters. The molecule has 1 spiro atoms. The number of hydrogen-bond donors (Lipinski definition) is 5. The molecule has 32 heavy (non-hydrogen) atoms. The molecule has 0 aromatic carbocycles. The molecule has 5 aliphatic rings. The van der Waals surface area contributed by atoms with Crippen LogP contribution in [0.3, 0.4) is 0 Å². The first-order valence-electron chi connectivity index (χ1n) is 10.7. The number of esters is 2. The maximum absolute atomic E-state index is 13.4. The fourth-order valence-corrected chi connectivity index (χ4v) is 8.62. The van der Waals surface area contributed by atoms with Crippen molar-refractivity contribution in [2.24, 2.45) is 34.0 Å². The number of carboxylic acid groups (broad SMARTS) is 1. The number of carbonyl (C=O) groups is 3. The molecule has 0 aromatic rings. The molecule has 3 aliphatic heterocycles. The molecule has 5 N–H and O–H groups in total. The summed E-state index contributed by atoms with van der Waals surface area (Å²) in [5.74, 6) is -6.57. The minimum atomic E-state index is -2.52. The number of hydrogen-bond acceptors (Lipinski definition) is 10. The Bertz CT molecular complexity index is 943. The molecule has 178 valence electrons. The molecule has 0 amide bonds. The molecule has 3 saturated heterocycles. The maximum Gasteiger partial charge on any atom is 0.342 e. The van der Waals surface area contributed by atoms with Crippen LogP contribution in [0.1, 0.15) is 34.6 Å². The van der Waals surface area contributed by atoms with Gasteiger partial charge < -0.3 is 39.7 Å². The standard InChI is InChI=1S/C21H28O11/c1-6-8(17(3,4)5)18(10(23)13(24)25)15(27)32-21-16(28)31-11(6)19(18,21)9(22)12-20(21,29)7(2)14(26)30-12/h6-12,15,22-23,27,29H,1-5H3,(H,24,25)/t6-,7-,8?,9?,10+,11?,12+,15?,18?,19?,20-,21+/m1/s1. The number of carbonyl (C=O) groups excluding carboxylic acids is 2. The van der Waals surface area contributed by atoms with Crippen LogP contribution in [-0.4, -0.2) is 85.3 Å². The Morgan fingerprint density at radius 2 is 1.69 bits per heavy atom. The molecule has 11 heteroatoms. The van der Waals surface area contributed by atoms with Crippen LogP contribution in [0, 0.1) is 34.0 Å². The molecule has 0 aromatic heterocycles. The van der Waals surface area contributed by atoms with Gasteiger partial charge in [-0.25, -0.2) is 9.59 Å². The monoisotopic (exact) mass is 456 g/mol. The van der Waals surface area contributed by atoms with Crippen molar-refractivity contribution in [1.29, 1.82) is 0 Å². The van der Waals surface area contributed by atoms with Crippen molar-refractivity contribution < 1.29 is 54.1 Å². The summed E-state index contributed by atoms with van der Waals surface area (Å²) in [7, 11) is 0. The Kier molecular flexibility index (Phi) is 3.88. The molecule has 3 heterocycles. The summed E-state index contributed by atoms with van der Waals surface area (Å²) < 4.78 is 16.8. The Balaban J connectivity index is 1.93. The van der Waals surface area contributed by atoms with Crippen molar-refractivity contribution in [2.75, 3.05) is 0 Å². The molecule has 6 unspecified atom stereocenters. The molecule has 5 fully saturated rings. The van der Waals surface area contributed by atoms with E-state index in [1.54, 1.807) is 27.7 Å². The lowest BCUT2D eigenvalue weighted by Crippen LogP contribution is -2.67. The van der Waals surface area contributed by atoms with Crippen LogP contribution in [0.4, 0.5) is 0 Å². The summed E-state index contributed by atoms with van der Waals surface area (Å²) in [4.78, 5) is 38.1. The van der Waals surface area contributed by atoms with Gasteiger partial charge in [0.25, 0.3) is 0 Å². The van der Waals surface area contributed by atoms with Gasteiger partial charge in [-0.15, -0.1) is 0 Å². The number of aliphatic hydroxyl groups is 4. The lowest BCUT2D eigenvalue weighted by molar-refractivity contribution is -0.255. The fraction of sp³-hybridized carbons (Fsp3) is 0.857. The normalized spacial score (nSPS) is 56.5. The van der Waals surface area contributed by atoms with Crippen molar-refractivity contribution in [3.8, 4) is 0 Å². The van der Waals surface area contributed by atoms with Gasteiger partial charge in [0, 0.05) is 0 Å². The second-order valence-electron chi connectivity index (χ2n) is 11.1. The van der Waals surface area contributed by atoms with E-state index in [2.05, 4.69) is 0 Å². The smallest absolute Gasteiger partial charge is 0.342 e. The quantitative estimate of drug-likeness (QED) is 0.302. The van der Waals surface area contributed by atoms with Gasteiger partial charge in [-0.1, -0.05) is 27.7 Å². The summed E-state index contributed by atoms with van der Waals surface area (Å²) in [5.41, 5.74) is -10.0. The molecule has 0 bridgehead atoms. The highest BCUT2D eigenvalue weighted by Crippen LogP contribution is 2.84. The van der Waals surface area contributed by atoms with Crippen molar-refractivity contribution >= 4 is 17.9 Å². The molecular weight excluding hydrogens is 428 g/mol. The highest BCUT2D eigenvalue weighted by Gasteiger charge is 3.03. The third-order valence-electron chi connectivity index (χ3n) is 9.11. The van der Waals surface area contributed by atoms with Gasteiger partial charge in [-0.3, -0.25) is 4.79 Å².